The van der Waals surface area contributed by atoms with E-state index in [0.29, 0.717) is 5.56 Å². The first kappa shape index (κ1) is 10.1. The third-order valence-corrected chi connectivity index (χ3v) is 2.69. The SMILES string of the molecule is CN(C)C(=O)c1ccc([As]=O)cc1. The summed E-state index contributed by atoms with van der Waals surface area (Å²) in [5.74, 6) is -0.0336. The van der Waals surface area contributed by atoms with Crippen molar-refractivity contribution in [3.63, 3.8) is 0 Å². The molecule has 0 radical (unpaired) electrons. The van der Waals surface area contributed by atoms with Gasteiger partial charge in [-0.25, -0.2) is 0 Å². The number of hydrogen-bond donors (Lipinski definition) is 0. The second-order valence-corrected chi connectivity index (χ2v) is 4.30. The molecule has 0 aliphatic rings. The van der Waals surface area contributed by atoms with Gasteiger partial charge in [0, 0.05) is 0 Å². The predicted octanol–water partition coefficient (Wildman–Crippen LogP) is 0.0634. The average Bonchev–Trinajstić information content (AvgIpc) is 2.17. The summed E-state index contributed by atoms with van der Waals surface area (Å²) >= 11 is -0.985. The van der Waals surface area contributed by atoms with Gasteiger partial charge in [-0.05, 0) is 0 Å². The molecule has 0 N–H and O–H groups in total. The van der Waals surface area contributed by atoms with Crippen LogP contribution in [0.15, 0.2) is 24.3 Å². The minimum atomic E-state index is -0.985. The molecule has 1 aromatic carbocycles. The van der Waals surface area contributed by atoms with E-state index in [-0.39, 0.29) is 5.91 Å². The molecule has 0 aromatic heterocycles. The molecule has 0 saturated heterocycles. The van der Waals surface area contributed by atoms with Crippen molar-refractivity contribution in [1.29, 1.82) is 0 Å². The fraction of sp³-hybridized carbons (Fsp3) is 0.222. The molecule has 68 valence electrons. The van der Waals surface area contributed by atoms with E-state index in [4.69, 9.17) is 0 Å². The standard InChI is InChI=1S/C9H10AsNO2/c1-11(2)9(12)7-3-5-8(10-13)6-4-7/h3-6H,1-2H3. The Morgan fingerprint density at radius 2 is 1.77 bits per heavy atom. The monoisotopic (exact) mass is 239 g/mol. The zero-order valence-electron chi connectivity index (χ0n) is 7.52. The van der Waals surface area contributed by atoms with Crippen LogP contribution in [0.4, 0.5) is 0 Å². The number of amides is 1. The van der Waals surface area contributed by atoms with Crippen LogP contribution in [-0.2, 0) is 3.74 Å². The first-order chi connectivity index (χ1) is 6.15. The quantitative estimate of drug-likeness (QED) is 0.684. The van der Waals surface area contributed by atoms with Crippen LogP contribution in [0.2, 0.25) is 0 Å². The van der Waals surface area contributed by atoms with Gasteiger partial charge in [-0.1, -0.05) is 0 Å². The second-order valence-electron chi connectivity index (χ2n) is 2.84. The van der Waals surface area contributed by atoms with Crippen molar-refractivity contribution in [2.45, 2.75) is 0 Å². The number of benzene rings is 1. The molecular formula is C9H10AsNO2. The number of carbonyl (C=O) groups is 1. The molecule has 4 heteroatoms. The average molecular weight is 239 g/mol. The molecule has 0 saturated carbocycles. The molecule has 0 bridgehead atoms. The molecule has 0 spiro atoms. The van der Waals surface area contributed by atoms with Crippen molar-refractivity contribution >= 4 is 25.9 Å². The Morgan fingerprint density at radius 3 is 2.15 bits per heavy atom. The minimum absolute atomic E-state index is 0.0336. The van der Waals surface area contributed by atoms with E-state index in [9.17, 15) is 8.53 Å². The van der Waals surface area contributed by atoms with Crippen LogP contribution in [0.5, 0.6) is 0 Å². The molecule has 0 heterocycles. The second kappa shape index (κ2) is 4.33. The molecule has 13 heavy (non-hydrogen) atoms. The fourth-order valence-corrected chi connectivity index (χ4v) is 1.49. The summed E-state index contributed by atoms with van der Waals surface area (Å²) < 4.78 is 11.3. The van der Waals surface area contributed by atoms with Crippen molar-refractivity contribution in [3.8, 4) is 0 Å². The van der Waals surface area contributed by atoms with E-state index in [0.717, 1.165) is 4.35 Å². The van der Waals surface area contributed by atoms with Crippen LogP contribution >= 0.6 is 0 Å². The Morgan fingerprint density at radius 1 is 1.23 bits per heavy atom. The first-order valence-electron chi connectivity index (χ1n) is 3.80. The Balaban J connectivity index is 2.92. The number of hydrogen-bond acceptors (Lipinski definition) is 2. The molecule has 0 aliphatic carbocycles. The van der Waals surface area contributed by atoms with Crippen LogP contribution in [0.25, 0.3) is 0 Å². The third-order valence-electron chi connectivity index (χ3n) is 1.63. The van der Waals surface area contributed by atoms with E-state index in [1.807, 2.05) is 0 Å². The van der Waals surface area contributed by atoms with Gasteiger partial charge in [0.2, 0.25) is 0 Å². The van der Waals surface area contributed by atoms with Gasteiger partial charge in [0.15, 0.2) is 0 Å². The molecule has 1 amide bonds. The summed E-state index contributed by atoms with van der Waals surface area (Å²) in [6.07, 6.45) is 0. The normalized spacial score (nSPS) is 10.0. The zero-order chi connectivity index (χ0) is 9.84. The van der Waals surface area contributed by atoms with Gasteiger partial charge in [0.25, 0.3) is 0 Å². The number of nitrogens with zero attached hydrogens (tertiary/aromatic N) is 1. The van der Waals surface area contributed by atoms with Crippen LogP contribution in [0, 0.1) is 0 Å². The van der Waals surface area contributed by atoms with E-state index in [1.54, 1.807) is 38.4 Å². The summed E-state index contributed by atoms with van der Waals surface area (Å²) in [6.45, 7) is 0. The van der Waals surface area contributed by atoms with Gasteiger partial charge in [-0.2, -0.15) is 0 Å². The topological polar surface area (TPSA) is 37.4 Å². The molecule has 1 rings (SSSR count). The van der Waals surface area contributed by atoms with Gasteiger partial charge in [0.05, 0.1) is 0 Å². The zero-order valence-corrected chi connectivity index (χ0v) is 9.40. The summed E-state index contributed by atoms with van der Waals surface area (Å²) in [4.78, 5) is 12.9. The predicted molar refractivity (Wildman–Crippen MR) is 50.5 cm³/mol. The number of rotatable bonds is 2. The molecule has 3 nitrogen and oxygen atoms in total. The molecule has 0 unspecified atom stereocenters. The Labute approximate surface area is 83.7 Å². The van der Waals surface area contributed by atoms with Gasteiger partial charge < -0.3 is 0 Å². The Bertz CT molecular complexity index is 319. The summed E-state index contributed by atoms with van der Waals surface area (Å²) in [5, 5.41) is 0. The summed E-state index contributed by atoms with van der Waals surface area (Å²) in [7, 11) is 3.41. The van der Waals surface area contributed by atoms with Crippen molar-refractivity contribution in [2.24, 2.45) is 0 Å². The van der Waals surface area contributed by atoms with Gasteiger partial charge >= 0.3 is 83.3 Å². The van der Waals surface area contributed by atoms with Gasteiger partial charge in [-0.3, -0.25) is 0 Å². The Kier molecular flexibility index (Phi) is 3.38. The molecule has 0 aliphatic heterocycles. The van der Waals surface area contributed by atoms with Crippen LogP contribution in [0.1, 0.15) is 10.4 Å². The van der Waals surface area contributed by atoms with Crippen molar-refractivity contribution in [3.05, 3.63) is 29.8 Å². The molecule has 1 aromatic rings. The van der Waals surface area contributed by atoms with Crippen LogP contribution in [0.3, 0.4) is 0 Å². The maximum absolute atomic E-state index is 11.4. The first-order valence-corrected chi connectivity index (χ1v) is 5.50. The number of carbonyl (C=O) groups excluding carboxylic acids is 1. The van der Waals surface area contributed by atoms with Crippen molar-refractivity contribution in [2.75, 3.05) is 14.1 Å². The van der Waals surface area contributed by atoms with E-state index < -0.39 is 15.7 Å². The Hall–Kier alpha value is -0.952. The summed E-state index contributed by atoms with van der Waals surface area (Å²) in [6, 6.07) is 6.85. The molecule has 0 fully saturated rings. The van der Waals surface area contributed by atoms with Crippen LogP contribution in [-0.4, -0.2) is 40.6 Å². The van der Waals surface area contributed by atoms with E-state index in [2.05, 4.69) is 0 Å². The summed E-state index contributed by atoms with van der Waals surface area (Å²) in [5.41, 5.74) is 0.628. The van der Waals surface area contributed by atoms with Crippen molar-refractivity contribution in [1.82, 2.24) is 4.90 Å². The van der Waals surface area contributed by atoms with Gasteiger partial charge in [-0.15, -0.1) is 0 Å². The van der Waals surface area contributed by atoms with Gasteiger partial charge in [0.1, 0.15) is 0 Å². The van der Waals surface area contributed by atoms with E-state index in [1.165, 1.54) is 4.90 Å². The van der Waals surface area contributed by atoms with E-state index >= 15 is 0 Å². The maximum atomic E-state index is 11.4. The third kappa shape index (κ3) is 2.49. The molecular weight excluding hydrogens is 229 g/mol. The molecule has 0 atom stereocenters. The van der Waals surface area contributed by atoms with Crippen molar-refractivity contribution < 1.29 is 8.53 Å². The van der Waals surface area contributed by atoms with Crippen LogP contribution < -0.4 is 4.35 Å². The fourth-order valence-electron chi connectivity index (χ4n) is 0.923.